The number of hydrogen-bond acceptors (Lipinski definition) is 1. The van der Waals surface area contributed by atoms with Gasteiger partial charge in [-0.2, -0.15) is 0 Å². The third-order valence-corrected chi connectivity index (χ3v) is 1.84. The minimum Gasteiger partial charge on any atom is -0.376 e. The summed E-state index contributed by atoms with van der Waals surface area (Å²) in [5.41, 5.74) is 5.90. The summed E-state index contributed by atoms with van der Waals surface area (Å²) in [6, 6.07) is 3.79. The zero-order chi connectivity index (χ0) is 10.6. The molecule has 14 heavy (non-hydrogen) atoms. The van der Waals surface area contributed by atoms with Gasteiger partial charge >= 0.3 is 0 Å². The molecule has 0 aromatic heterocycles. The molecule has 0 radical (unpaired) electrons. The average molecular weight is 216 g/mol. The first-order chi connectivity index (χ1) is 6.59. The van der Waals surface area contributed by atoms with Crippen LogP contribution in [0.3, 0.4) is 0 Å². The highest BCUT2D eigenvalue weighted by Crippen LogP contribution is 2.08. The van der Waals surface area contributed by atoms with Gasteiger partial charge in [0.2, 0.25) is 0 Å². The van der Waals surface area contributed by atoms with Crippen LogP contribution in [0, 0.1) is 11.6 Å². The number of halogens is 2. The molecule has 0 saturated carbocycles. The standard InChI is InChI=1S/C9H10F2N2S/c10-7-2-1-6(5-8(7)11)3-4-13-9(12)14/h1-2,5H,3-4H2,(H3,12,13,14). The second-order valence-electron chi connectivity index (χ2n) is 2.79. The lowest BCUT2D eigenvalue weighted by Gasteiger charge is -2.03. The predicted octanol–water partition coefficient (Wildman–Crippen LogP) is 1.34. The van der Waals surface area contributed by atoms with Crippen LogP contribution in [0.15, 0.2) is 18.2 Å². The van der Waals surface area contributed by atoms with Crippen LogP contribution in [-0.4, -0.2) is 11.7 Å². The highest BCUT2D eigenvalue weighted by molar-refractivity contribution is 7.80. The van der Waals surface area contributed by atoms with Crippen molar-refractivity contribution in [3.05, 3.63) is 35.4 Å². The van der Waals surface area contributed by atoms with Gasteiger partial charge in [-0.1, -0.05) is 6.07 Å². The zero-order valence-electron chi connectivity index (χ0n) is 7.39. The van der Waals surface area contributed by atoms with Crippen molar-refractivity contribution in [2.24, 2.45) is 5.73 Å². The lowest BCUT2D eigenvalue weighted by Crippen LogP contribution is -2.30. The van der Waals surface area contributed by atoms with Gasteiger partial charge in [-0.05, 0) is 36.3 Å². The topological polar surface area (TPSA) is 38.0 Å². The van der Waals surface area contributed by atoms with Gasteiger partial charge in [-0.15, -0.1) is 0 Å². The average Bonchev–Trinajstić information content (AvgIpc) is 2.10. The van der Waals surface area contributed by atoms with Crippen molar-refractivity contribution in [3.8, 4) is 0 Å². The Bertz CT molecular complexity index is 342. The number of hydrogen-bond donors (Lipinski definition) is 2. The Hall–Kier alpha value is -1.23. The van der Waals surface area contributed by atoms with Crippen molar-refractivity contribution < 1.29 is 8.78 Å². The summed E-state index contributed by atoms with van der Waals surface area (Å²) in [7, 11) is 0. The summed E-state index contributed by atoms with van der Waals surface area (Å²) in [6.07, 6.45) is 0.550. The van der Waals surface area contributed by atoms with Crippen LogP contribution in [0.4, 0.5) is 8.78 Å². The van der Waals surface area contributed by atoms with E-state index in [1.165, 1.54) is 6.07 Å². The highest BCUT2D eigenvalue weighted by Gasteiger charge is 2.01. The maximum absolute atomic E-state index is 12.7. The van der Waals surface area contributed by atoms with Gasteiger partial charge in [0.15, 0.2) is 16.7 Å². The normalized spacial score (nSPS) is 9.86. The molecule has 76 valence electrons. The quantitative estimate of drug-likeness (QED) is 0.749. The van der Waals surface area contributed by atoms with Crippen molar-refractivity contribution in [1.29, 1.82) is 0 Å². The monoisotopic (exact) mass is 216 g/mol. The maximum atomic E-state index is 12.7. The molecule has 1 rings (SSSR count). The number of benzene rings is 1. The molecular weight excluding hydrogens is 206 g/mol. The van der Waals surface area contributed by atoms with E-state index in [1.54, 1.807) is 0 Å². The molecule has 0 fully saturated rings. The van der Waals surface area contributed by atoms with E-state index in [1.807, 2.05) is 0 Å². The van der Waals surface area contributed by atoms with Crippen molar-refractivity contribution in [2.45, 2.75) is 6.42 Å². The van der Waals surface area contributed by atoms with E-state index in [9.17, 15) is 8.78 Å². The molecule has 0 aliphatic carbocycles. The van der Waals surface area contributed by atoms with Crippen LogP contribution >= 0.6 is 12.2 Å². The molecule has 1 aromatic rings. The summed E-state index contributed by atoms with van der Waals surface area (Å²) >= 11 is 4.59. The van der Waals surface area contributed by atoms with E-state index in [4.69, 9.17) is 5.73 Å². The highest BCUT2D eigenvalue weighted by atomic mass is 32.1. The van der Waals surface area contributed by atoms with Gasteiger partial charge in [-0.3, -0.25) is 0 Å². The molecule has 0 saturated heterocycles. The van der Waals surface area contributed by atoms with Gasteiger partial charge in [0.1, 0.15) is 0 Å². The smallest absolute Gasteiger partial charge is 0.163 e. The fourth-order valence-corrected chi connectivity index (χ4v) is 1.13. The van der Waals surface area contributed by atoms with E-state index >= 15 is 0 Å². The second-order valence-corrected chi connectivity index (χ2v) is 3.23. The fraction of sp³-hybridized carbons (Fsp3) is 0.222. The van der Waals surface area contributed by atoms with E-state index in [0.29, 0.717) is 18.5 Å². The van der Waals surface area contributed by atoms with Crippen molar-refractivity contribution in [2.75, 3.05) is 6.54 Å². The maximum Gasteiger partial charge on any atom is 0.163 e. The lowest BCUT2D eigenvalue weighted by molar-refractivity contribution is 0.507. The fourth-order valence-electron chi connectivity index (χ4n) is 1.03. The van der Waals surface area contributed by atoms with Gasteiger partial charge in [-0.25, -0.2) is 8.78 Å². The summed E-state index contributed by atoms with van der Waals surface area (Å²) in [4.78, 5) is 0. The molecule has 0 unspecified atom stereocenters. The van der Waals surface area contributed by atoms with Crippen LogP contribution in [0.25, 0.3) is 0 Å². The van der Waals surface area contributed by atoms with E-state index in [2.05, 4.69) is 17.5 Å². The molecule has 5 heteroatoms. The Kier molecular flexibility index (Phi) is 3.76. The number of nitrogens with one attached hydrogen (secondary N) is 1. The van der Waals surface area contributed by atoms with E-state index in [-0.39, 0.29) is 5.11 Å². The van der Waals surface area contributed by atoms with Gasteiger partial charge in [0.05, 0.1) is 0 Å². The Morgan fingerprint density at radius 2 is 2.07 bits per heavy atom. The summed E-state index contributed by atoms with van der Waals surface area (Å²) in [5, 5.41) is 2.92. The second kappa shape index (κ2) is 4.85. The molecule has 3 N–H and O–H groups in total. The van der Waals surface area contributed by atoms with Crippen molar-refractivity contribution in [3.63, 3.8) is 0 Å². The minimum absolute atomic E-state index is 0.201. The molecule has 0 amide bonds. The molecule has 0 aliphatic heterocycles. The summed E-state index contributed by atoms with van der Waals surface area (Å²) in [5.74, 6) is -1.67. The van der Waals surface area contributed by atoms with Gasteiger partial charge in [0, 0.05) is 6.54 Å². The Morgan fingerprint density at radius 1 is 1.36 bits per heavy atom. The number of thiocarbonyl (C=S) groups is 1. The summed E-state index contributed by atoms with van der Waals surface area (Å²) < 4.78 is 25.2. The molecule has 1 aromatic carbocycles. The SMILES string of the molecule is NC(=S)NCCc1ccc(F)c(F)c1. The van der Waals surface area contributed by atoms with Crippen LogP contribution in [0.1, 0.15) is 5.56 Å². The first-order valence-corrected chi connectivity index (χ1v) is 4.47. The molecule has 0 atom stereocenters. The van der Waals surface area contributed by atoms with Crippen molar-refractivity contribution in [1.82, 2.24) is 5.32 Å². The van der Waals surface area contributed by atoms with Crippen LogP contribution in [0.2, 0.25) is 0 Å². The predicted molar refractivity (Wildman–Crippen MR) is 54.9 cm³/mol. The van der Waals surface area contributed by atoms with Crippen LogP contribution in [0.5, 0.6) is 0 Å². The molecule has 2 nitrogen and oxygen atoms in total. The third-order valence-electron chi connectivity index (χ3n) is 1.70. The largest absolute Gasteiger partial charge is 0.376 e. The first-order valence-electron chi connectivity index (χ1n) is 4.07. The molecule has 0 aliphatic rings. The summed E-state index contributed by atoms with van der Waals surface area (Å²) in [6.45, 7) is 0.514. The van der Waals surface area contributed by atoms with Crippen LogP contribution < -0.4 is 11.1 Å². The van der Waals surface area contributed by atoms with Gasteiger partial charge < -0.3 is 11.1 Å². The van der Waals surface area contributed by atoms with Crippen molar-refractivity contribution >= 4 is 17.3 Å². The Morgan fingerprint density at radius 3 is 2.64 bits per heavy atom. The third kappa shape index (κ3) is 3.26. The number of rotatable bonds is 3. The van der Waals surface area contributed by atoms with Crippen LogP contribution in [-0.2, 0) is 6.42 Å². The van der Waals surface area contributed by atoms with E-state index < -0.39 is 11.6 Å². The minimum atomic E-state index is -0.837. The Labute approximate surface area is 86.1 Å². The molecular formula is C9H10F2N2S. The molecule has 0 heterocycles. The number of nitrogens with two attached hydrogens (primary N) is 1. The van der Waals surface area contributed by atoms with Gasteiger partial charge in [0.25, 0.3) is 0 Å². The molecule has 0 spiro atoms. The molecule has 0 bridgehead atoms. The first kappa shape index (κ1) is 10.8. The van der Waals surface area contributed by atoms with E-state index in [0.717, 1.165) is 12.1 Å². The zero-order valence-corrected chi connectivity index (χ0v) is 8.20. The lowest BCUT2D eigenvalue weighted by atomic mass is 10.1. The Balaban J connectivity index is 2.51.